The van der Waals surface area contributed by atoms with Crippen molar-refractivity contribution in [2.75, 3.05) is 6.61 Å². The first kappa shape index (κ1) is 20.6. The fourth-order valence-electron chi connectivity index (χ4n) is 4.07. The molecule has 0 saturated heterocycles. The first-order chi connectivity index (χ1) is 13.6. The van der Waals surface area contributed by atoms with Gasteiger partial charge in [-0.05, 0) is 49.1 Å². The van der Waals surface area contributed by atoms with E-state index < -0.39 is 5.41 Å². The van der Waals surface area contributed by atoms with Crippen molar-refractivity contribution in [3.63, 3.8) is 0 Å². The maximum atomic E-state index is 13.2. The van der Waals surface area contributed by atoms with Crippen molar-refractivity contribution in [2.45, 2.75) is 58.7 Å². The molecule has 0 spiro atoms. The zero-order chi connectivity index (χ0) is 19.8. The quantitative estimate of drug-likeness (QED) is 0.533. The molecule has 3 nitrogen and oxygen atoms in total. The Labute approximate surface area is 169 Å². The van der Waals surface area contributed by atoms with Crippen LogP contribution in [0, 0.1) is 11.3 Å². The summed E-state index contributed by atoms with van der Waals surface area (Å²) in [6.07, 6.45) is 4.31. The molecule has 3 rings (SSSR count). The Balaban J connectivity index is 1.74. The van der Waals surface area contributed by atoms with Gasteiger partial charge in [-0.3, -0.25) is 4.79 Å². The smallest absolute Gasteiger partial charge is 0.314 e. The average molecular weight is 381 g/mol. The molecule has 0 heterocycles. The number of rotatable bonds is 9. The fourth-order valence-corrected chi connectivity index (χ4v) is 4.07. The van der Waals surface area contributed by atoms with Crippen LogP contribution in [0.3, 0.4) is 0 Å². The zero-order valence-electron chi connectivity index (χ0n) is 17.1. The monoisotopic (exact) mass is 380 g/mol. The van der Waals surface area contributed by atoms with Crippen LogP contribution in [-0.4, -0.2) is 18.7 Å². The molecule has 2 atom stereocenters. The van der Waals surface area contributed by atoms with Crippen molar-refractivity contribution in [1.29, 1.82) is 0 Å². The molecule has 3 heteroatoms. The Hall–Kier alpha value is -2.13. The molecule has 0 bridgehead atoms. The molecule has 1 aliphatic carbocycles. The van der Waals surface area contributed by atoms with E-state index in [1.165, 1.54) is 5.56 Å². The topological polar surface area (TPSA) is 35.5 Å². The molecule has 0 aliphatic heterocycles. The standard InChI is InChI=1S/C25H32O3/c1-20(2)18-28-24(26)25(17-15-21-10-5-3-6-11-21)16-9-14-23(25)27-19-22-12-7-4-8-13-22/h3-8,10-13,20,23H,9,14-19H2,1-2H3. The van der Waals surface area contributed by atoms with Crippen molar-refractivity contribution >= 4 is 5.97 Å². The Morgan fingerprint density at radius 2 is 1.68 bits per heavy atom. The number of ether oxygens (including phenoxy) is 2. The summed E-state index contributed by atoms with van der Waals surface area (Å²) in [4.78, 5) is 13.2. The van der Waals surface area contributed by atoms with Gasteiger partial charge in [0.1, 0.15) is 0 Å². The van der Waals surface area contributed by atoms with Gasteiger partial charge in [-0.1, -0.05) is 74.5 Å². The molecular formula is C25H32O3. The maximum Gasteiger partial charge on any atom is 0.314 e. The van der Waals surface area contributed by atoms with Crippen LogP contribution in [0.1, 0.15) is 50.7 Å². The molecule has 28 heavy (non-hydrogen) atoms. The van der Waals surface area contributed by atoms with Crippen molar-refractivity contribution in [2.24, 2.45) is 11.3 Å². The van der Waals surface area contributed by atoms with Gasteiger partial charge in [0.2, 0.25) is 0 Å². The lowest BCUT2D eigenvalue weighted by Crippen LogP contribution is -2.42. The number of aryl methyl sites for hydroxylation is 1. The number of benzene rings is 2. The number of carbonyl (C=O) groups is 1. The highest BCUT2D eigenvalue weighted by molar-refractivity contribution is 5.78. The molecule has 0 amide bonds. The van der Waals surface area contributed by atoms with Gasteiger partial charge in [0.05, 0.1) is 24.7 Å². The summed E-state index contributed by atoms with van der Waals surface area (Å²) < 4.78 is 12.1. The molecule has 2 aromatic carbocycles. The molecule has 0 radical (unpaired) electrons. The first-order valence-electron chi connectivity index (χ1n) is 10.5. The summed E-state index contributed by atoms with van der Waals surface area (Å²) in [7, 11) is 0. The second kappa shape index (κ2) is 9.88. The van der Waals surface area contributed by atoms with Gasteiger partial charge in [-0.2, -0.15) is 0 Å². The summed E-state index contributed by atoms with van der Waals surface area (Å²) in [6, 6.07) is 20.6. The van der Waals surface area contributed by atoms with Crippen LogP contribution in [0.15, 0.2) is 60.7 Å². The highest BCUT2D eigenvalue weighted by atomic mass is 16.5. The molecule has 0 N–H and O–H groups in total. The van der Waals surface area contributed by atoms with Crippen LogP contribution in [0.5, 0.6) is 0 Å². The SMILES string of the molecule is CC(C)COC(=O)C1(CCc2ccccc2)CCCC1OCc1ccccc1. The van der Waals surface area contributed by atoms with Crippen molar-refractivity contribution in [1.82, 2.24) is 0 Å². The van der Waals surface area contributed by atoms with E-state index in [0.717, 1.165) is 37.7 Å². The van der Waals surface area contributed by atoms with Crippen LogP contribution < -0.4 is 0 Å². The Kier molecular flexibility index (Phi) is 7.27. The van der Waals surface area contributed by atoms with Crippen molar-refractivity contribution in [3.8, 4) is 0 Å². The van der Waals surface area contributed by atoms with Gasteiger partial charge in [0, 0.05) is 0 Å². The van der Waals surface area contributed by atoms with Crippen LogP contribution in [-0.2, 0) is 27.3 Å². The van der Waals surface area contributed by atoms with Crippen molar-refractivity contribution < 1.29 is 14.3 Å². The predicted molar refractivity (Wildman–Crippen MR) is 112 cm³/mol. The largest absolute Gasteiger partial charge is 0.465 e. The summed E-state index contributed by atoms with van der Waals surface area (Å²) in [5.41, 5.74) is 1.86. The van der Waals surface area contributed by atoms with E-state index in [4.69, 9.17) is 9.47 Å². The molecule has 0 aromatic heterocycles. The molecular weight excluding hydrogens is 348 g/mol. The third-order valence-electron chi connectivity index (χ3n) is 5.66. The third kappa shape index (κ3) is 5.23. The second-order valence-corrected chi connectivity index (χ2v) is 8.31. The predicted octanol–water partition coefficient (Wildman–Crippen LogP) is 5.57. The minimum Gasteiger partial charge on any atom is -0.465 e. The van der Waals surface area contributed by atoms with E-state index in [0.29, 0.717) is 19.1 Å². The average Bonchev–Trinajstić information content (AvgIpc) is 3.14. The third-order valence-corrected chi connectivity index (χ3v) is 5.66. The zero-order valence-corrected chi connectivity index (χ0v) is 17.1. The Morgan fingerprint density at radius 1 is 1.04 bits per heavy atom. The number of esters is 1. The van der Waals surface area contributed by atoms with Gasteiger partial charge in [0.25, 0.3) is 0 Å². The molecule has 1 fully saturated rings. The molecule has 2 unspecified atom stereocenters. The van der Waals surface area contributed by atoms with Crippen LogP contribution in [0.2, 0.25) is 0 Å². The maximum absolute atomic E-state index is 13.2. The van der Waals surface area contributed by atoms with Gasteiger partial charge < -0.3 is 9.47 Å². The lowest BCUT2D eigenvalue weighted by molar-refractivity contribution is -0.167. The molecule has 1 aliphatic rings. The van der Waals surface area contributed by atoms with E-state index in [-0.39, 0.29) is 12.1 Å². The highest BCUT2D eigenvalue weighted by Gasteiger charge is 2.50. The van der Waals surface area contributed by atoms with E-state index in [1.54, 1.807) is 0 Å². The fraction of sp³-hybridized carbons (Fsp3) is 0.480. The second-order valence-electron chi connectivity index (χ2n) is 8.31. The Morgan fingerprint density at radius 3 is 2.32 bits per heavy atom. The van der Waals surface area contributed by atoms with E-state index in [9.17, 15) is 4.79 Å². The Bertz CT molecular complexity index is 726. The summed E-state index contributed by atoms with van der Waals surface area (Å²) >= 11 is 0. The van der Waals surface area contributed by atoms with Crippen LogP contribution >= 0.6 is 0 Å². The van der Waals surface area contributed by atoms with Crippen molar-refractivity contribution in [3.05, 3.63) is 71.8 Å². The number of carbonyl (C=O) groups excluding carboxylic acids is 1. The minimum atomic E-state index is -0.542. The summed E-state index contributed by atoms with van der Waals surface area (Å²) in [5.74, 6) is 0.257. The van der Waals surface area contributed by atoms with E-state index in [2.05, 4.69) is 50.2 Å². The number of hydrogen-bond donors (Lipinski definition) is 0. The normalized spacial score (nSPS) is 21.8. The highest BCUT2D eigenvalue weighted by Crippen LogP contribution is 2.45. The summed E-state index contributed by atoms with van der Waals surface area (Å²) in [6.45, 7) is 5.15. The number of hydrogen-bond acceptors (Lipinski definition) is 3. The summed E-state index contributed by atoms with van der Waals surface area (Å²) in [5, 5.41) is 0. The van der Waals surface area contributed by atoms with Gasteiger partial charge in [-0.25, -0.2) is 0 Å². The van der Waals surface area contributed by atoms with E-state index in [1.807, 2.05) is 24.3 Å². The van der Waals surface area contributed by atoms with Gasteiger partial charge >= 0.3 is 5.97 Å². The van der Waals surface area contributed by atoms with Crippen LogP contribution in [0.4, 0.5) is 0 Å². The lowest BCUT2D eigenvalue weighted by Gasteiger charge is -2.33. The molecule has 2 aromatic rings. The molecule has 1 saturated carbocycles. The van der Waals surface area contributed by atoms with E-state index >= 15 is 0 Å². The minimum absolute atomic E-state index is 0.0762. The lowest BCUT2D eigenvalue weighted by atomic mass is 9.78. The first-order valence-corrected chi connectivity index (χ1v) is 10.5. The molecule has 150 valence electrons. The van der Waals surface area contributed by atoms with Gasteiger partial charge in [-0.15, -0.1) is 0 Å². The van der Waals surface area contributed by atoms with Crippen LogP contribution in [0.25, 0.3) is 0 Å². The van der Waals surface area contributed by atoms with Gasteiger partial charge in [0.15, 0.2) is 0 Å².